The molecule has 3 nitrogen and oxygen atoms in total. The summed E-state index contributed by atoms with van der Waals surface area (Å²) in [6.45, 7) is 3.10. The van der Waals surface area contributed by atoms with E-state index in [9.17, 15) is 9.90 Å². The number of rotatable bonds is 5. The first kappa shape index (κ1) is 15.5. The van der Waals surface area contributed by atoms with Gasteiger partial charge in [0.1, 0.15) is 6.04 Å². The van der Waals surface area contributed by atoms with Crippen LogP contribution in [-0.2, 0) is 4.79 Å². The molecule has 3 rings (SSSR count). The topological polar surface area (TPSA) is 40.5 Å². The van der Waals surface area contributed by atoms with Crippen molar-refractivity contribution in [1.29, 1.82) is 0 Å². The van der Waals surface area contributed by atoms with Gasteiger partial charge < -0.3 is 5.11 Å². The highest BCUT2D eigenvalue weighted by atomic mass is 16.4. The molecule has 0 amide bonds. The molecule has 1 heterocycles. The fraction of sp³-hybridized carbons (Fsp3) is 0.632. The summed E-state index contributed by atoms with van der Waals surface area (Å²) in [6.07, 6.45) is 6.84. The Hall–Kier alpha value is -1.35. The number of hydrogen-bond donors (Lipinski definition) is 1. The molecule has 0 radical (unpaired) electrons. The second-order valence-electron chi connectivity index (χ2n) is 6.91. The van der Waals surface area contributed by atoms with Crippen LogP contribution in [0, 0.1) is 5.92 Å². The molecule has 120 valence electrons. The van der Waals surface area contributed by atoms with Crippen molar-refractivity contribution in [3.63, 3.8) is 0 Å². The summed E-state index contributed by atoms with van der Waals surface area (Å²) in [5.74, 6) is 0.407. The average Bonchev–Trinajstić information content (AvgIpc) is 2.92. The van der Waals surface area contributed by atoms with Gasteiger partial charge in [-0.1, -0.05) is 50.1 Å². The molecule has 3 heteroatoms. The Labute approximate surface area is 133 Å². The molecule has 0 bridgehead atoms. The molecule has 1 aliphatic carbocycles. The monoisotopic (exact) mass is 301 g/mol. The quantitative estimate of drug-likeness (QED) is 0.896. The van der Waals surface area contributed by atoms with E-state index in [1.165, 1.54) is 31.2 Å². The van der Waals surface area contributed by atoms with Crippen LogP contribution in [0.5, 0.6) is 0 Å². The van der Waals surface area contributed by atoms with Crippen molar-refractivity contribution in [1.82, 2.24) is 4.90 Å². The van der Waals surface area contributed by atoms with E-state index in [-0.39, 0.29) is 6.04 Å². The van der Waals surface area contributed by atoms with E-state index >= 15 is 0 Å². The Kier molecular flexibility index (Phi) is 4.82. The lowest BCUT2D eigenvalue weighted by atomic mass is 9.84. The largest absolute Gasteiger partial charge is 0.480 e. The number of carbonyl (C=O) groups is 1. The van der Waals surface area contributed by atoms with E-state index in [2.05, 4.69) is 36.1 Å². The number of fused-ring (bicyclic) bond motifs is 1. The van der Waals surface area contributed by atoms with E-state index in [0.29, 0.717) is 17.9 Å². The molecule has 2 fully saturated rings. The van der Waals surface area contributed by atoms with Crippen LogP contribution in [0.15, 0.2) is 30.3 Å². The van der Waals surface area contributed by atoms with Crippen molar-refractivity contribution in [3.05, 3.63) is 35.9 Å². The Bertz CT molecular complexity index is 501. The average molecular weight is 301 g/mol. The van der Waals surface area contributed by atoms with Gasteiger partial charge in [-0.05, 0) is 43.1 Å². The van der Waals surface area contributed by atoms with Gasteiger partial charge in [0.15, 0.2) is 0 Å². The maximum atomic E-state index is 11.7. The first-order valence-corrected chi connectivity index (χ1v) is 8.74. The minimum absolute atomic E-state index is 0.272. The predicted molar refractivity (Wildman–Crippen MR) is 88.0 cm³/mol. The number of benzene rings is 1. The van der Waals surface area contributed by atoms with Crippen LogP contribution in [-0.4, -0.2) is 34.6 Å². The van der Waals surface area contributed by atoms with Gasteiger partial charge >= 0.3 is 5.97 Å². The van der Waals surface area contributed by atoms with E-state index < -0.39 is 5.97 Å². The lowest BCUT2D eigenvalue weighted by molar-refractivity contribution is -0.142. The normalized spacial score (nSPS) is 30.0. The molecular weight excluding hydrogens is 274 g/mol. The molecule has 1 N–H and O–H groups in total. The standard InChI is InChI=1S/C19H27NO2/c1-2-14(15-8-4-3-5-9-15)13-20-17-11-7-6-10-16(17)12-18(20)19(21)22/h3-5,8-9,14,16-18H,2,6-7,10-13H2,1H3,(H,21,22). The van der Waals surface area contributed by atoms with Crippen molar-refractivity contribution in [3.8, 4) is 0 Å². The summed E-state index contributed by atoms with van der Waals surface area (Å²) in [5, 5.41) is 9.65. The van der Waals surface area contributed by atoms with E-state index in [1.54, 1.807) is 0 Å². The highest BCUT2D eigenvalue weighted by Gasteiger charge is 2.45. The van der Waals surface area contributed by atoms with Gasteiger partial charge in [0, 0.05) is 12.6 Å². The number of aliphatic carboxylic acids is 1. The summed E-state index contributed by atoms with van der Waals surface area (Å²) < 4.78 is 0. The van der Waals surface area contributed by atoms with Crippen LogP contribution in [0.25, 0.3) is 0 Å². The van der Waals surface area contributed by atoms with Gasteiger partial charge in [-0.3, -0.25) is 9.69 Å². The summed E-state index contributed by atoms with van der Waals surface area (Å²) >= 11 is 0. The number of carboxylic acids is 1. The zero-order valence-corrected chi connectivity index (χ0v) is 13.4. The molecule has 0 spiro atoms. The third-order valence-electron chi connectivity index (χ3n) is 5.70. The van der Waals surface area contributed by atoms with E-state index in [0.717, 1.165) is 19.4 Å². The first-order chi connectivity index (χ1) is 10.7. The number of carboxylic acid groups (broad SMARTS) is 1. The van der Waals surface area contributed by atoms with Crippen molar-refractivity contribution < 1.29 is 9.90 Å². The Morgan fingerprint density at radius 3 is 2.68 bits per heavy atom. The number of hydrogen-bond acceptors (Lipinski definition) is 2. The summed E-state index contributed by atoms with van der Waals surface area (Å²) in [4.78, 5) is 14.0. The number of likely N-dealkylation sites (tertiary alicyclic amines) is 1. The highest BCUT2D eigenvalue weighted by Crippen LogP contribution is 2.41. The molecule has 1 saturated carbocycles. The van der Waals surface area contributed by atoms with E-state index in [1.807, 2.05) is 6.07 Å². The molecule has 4 unspecified atom stereocenters. The zero-order chi connectivity index (χ0) is 15.5. The van der Waals surface area contributed by atoms with Crippen LogP contribution in [0.3, 0.4) is 0 Å². The second-order valence-corrected chi connectivity index (χ2v) is 6.91. The minimum atomic E-state index is -0.627. The van der Waals surface area contributed by atoms with Crippen molar-refractivity contribution >= 4 is 5.97 Å². The molecular formula is C19H27NO2. The molecule has 22 heavy (non-hydrogen) atoms. The van der Waals surface area contributed by atoms with Gasteiger partial charge in [0.25, 0.3) is 0 Å². The molecule has 1 saturated heterocycles. The fourth-order valence-electron chi connectivity index (χ4n) is 4.51. The highest BCUT2D eigenvalue weighted by molar-refractivity contribution is 5.74. The van der Waals surface area contributed by atoms with Crippen LogP contribution >= 0.6 is 0 Å². The summed E-state index contributed by atoms with van der Waals surface area (Å²) in [7, 11) is 0. The van der Waals surface area contributed by atoms with Crippen LogP contribution in [0.4, 0.5) is 0 Å². The van der Waals surface area contributed by atoms with Gasteiger partial charge in [0.2, 0.25) is 0 Å². The third kappa shape index (κ3) is 3.05. The lowest BCUT2D eigenvalue weighted by Gasteiger charge is -2.35. The van der Waals surface area contributed by atoms with Gasteiger partial charge in [-0.25, -0.2) is 0 Å². The van der Waals surface area contributed by atoms with Crippen molar-refractivity contribution in [2.75, 3.05) is 6.54 Å². The first-order valence-electron chi connectivity index (χ1n) is 8.74. The molecule has 1 aromatic rings. The van der Waals surface area contributed by atoms with Crippen LogP contribution in [0.1, 0.15) is 56.9 Å². The molecule has 0 aromatic heterocycles. The maximum absolute atomic E-state index is 11.7. The Morgan fingerprint density at radius 2 is 2.00 bits per heavy atom. The summed E-state index contributed by atoms with van der Waals surface area (Å²) in [6, 6.07) is 10.8. The van der Waals surface area contributed by atoms with Crippen molar-refractivity contribution in [2.24, 2.45) is 5.92 Å². The second kappa shape index (κ2) is 6.82. The van der Waals surface area contributed by atoms with Gasteiger partial charge in [0.05, 0.1) is 0 Å². The molecule has 1 aliphatic heterocycles. The minimum Gasteiger partial charge on any atom is -0.480 e. The van der Waals surface area contributed by atoms with Crippen molar-refractivity contribution in [2.45, 2.75) is 63.5 Å². The molecule has 4 atom stereocenters. The predicted octanol–water partition coefficient (Wildman–Crippen LogP) is 3.90. The third-order valence-corrected chi connectivity index (χ3v) is 5.70. The lowest BCUT2D eigenvalue weighted by Crippen LogP contribution is -2.44. The Balaban J connectivity index is 1.79. The van der Waals surface area contributed by atoms with Gasteiger partial charge in [-0.15, -0.1) is 0 Å². The van der Waals surface area contributed by atoms with Crippen LogP contribution < -0.4 is 0 Å². The smallest absolute Gasteiger partial charge is 0.320 e. The fourth-order valence-corrected chi connectivity index (χ4v) is 4.51. The van der Waals surface area contributed by atoms with Crippen LogP contribution in [0.2, 0.25) is 0 Å². The molecule has 2 aliphatic rings. The SMILES string of the molecule is CCC(CN1C(C(=O)O)CC2CCCCC21)c1ccccc1. The summed E-state index contributed by atoms with van der Waals surface area (Å²) in [5.41, 5.74) is 1.34. The van der Waals surface area contributed by atoms with Gasteiger partial charge in [-0.2, -0.15) is 0 Å². The van der Waals surface area contributed by atoms with E-state index in [4.69, 9.17) is 0 Å². The zero-order valence-electron chi connectivity index (χ0n) is 13.4. The Morgan fingerprint density at radius 1 is 1.27 bits per heavy atom. The number of nitrogens with zero attached hydrogens (tertiary/aromatic N) is 1. The molecule has 1 aromatic carbocycles. The maximum Gasteiger partial charge on any atom is 0.320 e.